The number of carbonyl (C=O) groups is 1. The Morgan fingerprint density at radius 1 is 1.31 bits per heavy atom. The highest BCUT2D eigenvalue weighted by atomic mass is 35.5. The van der Waals surface area contributed by atoms with Crippen LogP contribution in [-0.2, 0) is 0 Å². The van der Waals surface area contributed by atoms with Crippen molar-refractivity contribution in [2.24, 2.45) is 0 Å². The van der Waals surface area contributed by atoms with Gasteiger partial charge in [0.05, 0.1) is 5.56 Å². The Morgan fingerprint density at radius 3 is 2.69 bits per heavy atom. The smallest absolute Gasteiger partial charge is 0.335 e. The first kappa shape index (κ1) is 9.47. The number of hydrogen-bond acceptors (Lipinski definition) is 4. The molecule has 0 spiro atoms. The first-order valence-electron chi connectivity index (χ1n) is 3.23. The van der Waals surface area contributed by atoms with E-state index < -0.39 is 5.97 Å². The van der Waals surface area contributed by atoms with Crippen molar-refractivity contribution in [3.05, 3.63) is 23.8 Å². The third-order valence-corrected chi connectivity index (χ3v) is 1.50. The molecule has 5 nitrogen and oxygen atoms in total. The van der Waals surface area contributed by atoms with Crippen molar-refractivity contribution in [3.63, 3.8) is 0 Å². The summed E-state index contributed by atoms with van der Waals surface area (Å²) in [4.78, 5) is 10.5. The predicted octanol–water partition coefficient (Wildman–Crippen LogP) is 1.34. The molecule has 1 aromatic heterocycles. The van der Waals surface area contributed by atoms with Gasteiger partial charge in [-0.25, -0.2) is 9.42 Å². The Balaban J connectivity index is 0.000000845. The average Bonchev–Trinajstić information content (AvgIpc) is 2.49. The number of carboxylic acids is 1. The topological polar surface area (TPSA) is 76.2 Å². The summed E-state index contributed by atoms with van der Waals surface area (Å²) in [5, 5.41) is 15.7. The molecule has 0 aliphatic carbocycles. The molecule has 2 rings (SSSR count). The van der Waals surface area contributed by atoms with Crippen molar-refractivity contribution < 1.29 is 14.5 Å². The largest absolute Gasteiger partial charge is 0.478 e. The number of nitrogens with zero attached hydrogens (tertiary/aromatic N) is 2. The quantitative estimate of drug-likeness (QED) is 0.752. The molecule has 0 aliphatic rings. The Labute approximate surface area is 78.7 Å². The van der Waals surface area contributed by atoms with Crippen molar-refractivity contribution >= 4 is 29.4 Å². The van der Waals surface area contributed by atoms with Gasteiger partial charge in [0, 0.05) is 0 Å². The van der Waals surface area contributed by atoms with E-state index in [0.717, 1.165) is 0 Å². The lowest BCUT2D eigenvalue weighted by atomic mass is 10.2. The monoisotopic (exact) mass is 200 g/mol. The van der Waals surface area contributed by atoms with E-state index in [1.54, 1.807) is 6.07 Å². The average molecular weight is 201 g/mol. The highest BCUT2D eigenvalue weighted by Gasteiger charge is 2.05. The number of benzene rings is 1. The fraction of sp³-hybridized carbons (Fsp3) is 0. The van der Waals surface area contributed by atoms with Gasteiger partial charge in [0.25, 0.3) is 0 Å². The normalized spacial score (nSPS) is 9.54. The van der Waals surface area contributed by atoms with Crippen LogP contribution in [0.4, 0.5) is 0 Å². The van der Waals surface area contributed by atoms with Gasteiger partial charge in [-0.15, -0.1) is 12.4 Å². The van der Waals surface area contributed by atoms with E-state index in [1.165, 1.54) is 12.1 Å². The zero-order valence-corrected chi connectivity index (χ0v) is 7.11. The highest BCUT2D eigenvalue weighted by molar-refractivity contribution is 5.91. The number of hydrogen-bond donors (Lipinski definition) is 1. The summed E-state index contributed by atoms with van der Waals surface area (Å²) in [5.74, 6) is -0.986. The number of fused-ring (bicyclic) bond motifs is 1. The third-order valence-electron chi connectivity index (χ3n) is 1.50. The van der Waals surface area contributed by atoms with Crippen molar-refractivity contribution in [3.8, 4) is 0 Å². The maximum Gasteiger partial charge on any atom is 0.335 e. The van der Waals surface area contributed by atoms with Crippen molar-refractivity contribution in [2.45, 2.75) is 0 Å². The number of halogens is 1. The number of aromatic nitrogens is 2. The summed E-state index contributed by atoms with van der Waals surface area (Å²) in [6, 6.07) is 4.42. The van der Waals surface area contributed by atoms with Gasteiger partial charge in [0.2, 0.25) is 0 Å². The molecule has 68 valence electrons. The van der Waals surface area contributed by atoms with E-state index in [2.05, 4.69) is 14.9 Å². The van der Waals surface area contributed by atoms with Crippen LogP contribution < -0.4 is 0 Å². The molecule has 0 aliphatic heterocycles. The number of aromatic carboxylic acids is 1. The lowest BCUT2D eigenvalue weighted by Gasteiger charge is -1.89. The molecule has 0 amide bonds. The standard InChI is InChI=1S/C7H4N2O3.ClH/c10-7(11)4-1-2-5-6(3-4)9-12-8-5;/h1-3H,(H,10,11);1H. The maximum atomic E-state index is 10.5. The summed E-state index contributed by atoms with van der Waals surface area (Å²) >= 11 is 0. The highest BCUT2D eigenvalue weighted by Crippen LogP contribution is 2.10. The van der Waals surface area contributed by atoms with Crippen LogP contribution >= 0.6 is 12.4 Å². The van der Waals surface area contributed by atoms with E-state index in [-0.39, 0.29) is 18.0 Å². The minimum absolute atomic E-state index is 0. The second-order valence-electron chi connectivity index (χ2n) is 2.27. The summed E-state index contributed by atoms with van der Waals surface area (Å²) in [5.41, 5.74) is 1.19. The lowest BCUT2D eigenvalue weighted by molar-refractivity contribution is 0.0697. The maximum absolute atomic E-state index is 10.5. The molecule has 0 saturated heterocycles. The van der Waals surface area contributed by atoms with Gasteiger partial charge in [-0.2, -0.15) is 0 Å². The summed E-state index contributed by atoms with van der Waals surface area (Å²) in [7, 11) is 0. The molecular weight excluding hydrogens is 196 g/mol. The van der Waals surface area contributed by atoms with Gasteiger partial charge in [-0.05, 0) is 28.5 Å². The second-order valence-corrected chi connectivity index (χ2v) is 2.27. The van der Waals surface area contributed by atoms with Crippen molar-refractivity contribution in [2.75, 3.05) is 0 Å². The fourth-order valence-corrected chi connectivity index (χ4v) is 0.915. The third kappa shape index (κ3) is 1.59. The van der Waals surface area contributed by atoms with Gasteiger partial charge in [0.1, 0.15) is 11.0 Å². The SMILES string of the molecule is Cl.O=C(O)c1ccc2nonc2c1. The van der Waals surface area contributed by atoms with Crippen LogP contribution in [-0.4, -0.2) is 21.4 Å². The summed E-state index contributed by atoms with van der Waals surface area (Å²) < 4.78 is 4.41. The predicted molar refractivity (Wildman–Crippen MR) is 46.0 cm³/mol. The van der Waals surface area contributed by atoms with E-state index in [9.17, 15) is 4.79 Å². The number of carboxylic acid groups (broad SMARTS) is 1. The van der Waals surface area contributed by atoms with E-state index >= 15 is 0 Å². The van der Waals surface area contributed by atoms with Crippen LogP contribution in [0.5, 0.6) is 0 Å². The van der Waals surface area contributed by atoms with Gasteiger partial charge >= 0.3 is 5.97 Å². The molecular formula is C7H5ClN2O3. The number of rotatable bonds is 1. The van der Waals surface area contributed by atoms with Gasteiger partial charge in [0.15, 0.2) is 0 Å². The second kappa shape index (κ2) is 3.40. The molecule has 0 unspecified atom stereocenters. The van der Waals surface area contributed by atoms with Crippen LogP contribution in [0, 0.1) is 0 Å². The molecule has 1 heterocycles. The molecule has 1 N–H and O–H groups in total. The molecule has 0 atom stereocenters. The lowest BCUT2D eigenvalue weighted by Crippen LogP contribution is -1.94. The van der Waals surface area contributed by atoms with E-state index in [0.29, 0.717) is 11.0 Å². The molecule has 2 aromatic rings. The van der Waals surface area contributed by atoms with Crippen LogP contribution in [0.1, 0.15) is 10.4 Å². The molecule has 0 fully saturated rings. The zero-order valence-electron chi connectivity index (χ0n) is 6.30. The Hall–Kier alpha value is -1.62. The van der Waals surface area contributed by atoms with Crippen molar-refractivity contribution in [1.82, 2.24) is 10.3 Å². The van der Waals surface area contributed by atoms with Crippen LogP contribution in [0.25, 0.3) is 11.0 Å². The summed E-state index contributed by atoms with van der Waals surface area (Å²) in [6.07, 6.45) is 0. The van der Waals surface area contributed by atoms with Crippen LogP contribution in [0.3, 0.4) is 0 Å². The zero-order chi connectivity index (χ0) is 8.55. The van der Waals surface area contributed by atoms with Gasteiger partial charge in [-0.1, -0.05) is 0 Å². The van der Waals surface area contributed by atoms with Crippen molar-refractivity contribution in [1.29, 1.82) is 0 Å². The molecule has 1 aromatic carbocycles. The van der Waals surface area contributed by atoms with Crippen LogP contribution in [0.2, 0.25) is 0 Å². The first-order valence-corrected chi connectivity index (χ1v) is 3.23. The van der Waals surface area contributed by atoms with Crippen LogP contribution in [0.15, 0.2) is 22.8 Å². The summed E-state index contributed by atoms with van der Waals surface area (Å²) in [6.45, 7) is 0. The molecule has 0 bridgehead atoms. The molecule has 6 heteroatoms. The molecule has 0 saturated carbocycles. The van der Waals surface area contributed by atoms with E-state index in [1.807, 2.05) is 0 Å². The van der Waals surface area contributed by atoms with Gasteiger partial charge in [-0.3, -0.25) is 0 Å². The molecule has 13 heavy (non-hydrogen) atoms. The van der Waals surface area contributed by atoms with Gasteiger partial charge < -0.3 is 5.11 Å². The Bertz CT molecular complexity index is 440. The minimum Gasteiger partial charge on any atom is -0.478 e. The first-order chi connectivity index (χ1) is 5.77. The van der Waals surface area contributed by atoms with E-state index in [4.69, 9.17) is 5.11 Å². The molecule has 0 radical (unpaired) electrons. The Kier molecular flexibility index (Phi) is 2.48. The Morgan fingerprint density at radius 2 is 2.00 bits per heavy atom. The minimum atomic E-state index is -0.986. The fourth-order valence-electron chi connectivity index (χ4n) is 0.915.